The average molecular weight is 466 g/mol. The minimum atomic E-state index is -0.405. The Balaban J connectivity index is 1.58. The molecule has 2 aromatic carbocycles. The Hall–Kier alpha value is -2.93. The fourth-order valence-electron chi connectivity index (χ4n) is 4.17. The number of nitrogens with zero attached hydrogens (tertiary/aromatic N) is 3. The summed E-state index contributed by atoms with van der Waals surface area (Å²) >= 11 is 1.50. The Morgan fingerprint density at radius 2 is 1.82 bits per heavy atom. The van der Waals surface area contributed by atoms with Gasteiger partial charge in [0.05, 0.1) is 23.9 Å². The largest absolute Gasteiger partial charge is 0.497 e. The highest BCUT2D eigenvalue weighted by atomic mass is 32.1. The molecule has 0 aliphatic carbocycles. The number of likely N-dealkylation sites (tertiary alicyclic amines) is 1. The third kappa shape index (κ3) is 5.19. The van der Waals surface area contributed by atoms with E-state index in [0.717, 1.165) is 21.5 Å². The maximum atomic E-state index is 13.7. The summed E-state index contributed by atoms with van der Waals surface area (Å²) in [6.07, 6.45) is 1.34. The van der Waals surface area contributed by atoms with E-state index in [4.69, 9.17) is 9.72 Å². The van der Waals surface area contributed by atoms with Crippen LogP contribution in [0.1, 0.15) is 39.2 Å². The lowest BCUT2D eigenvalue weighted by molar-refractivity contribution is -0.142. The monoisotopic (exact) mass is 465 g/mol. The van der Waals surface area contributed by atoms with Gasteiger partial charge in [-0.25, -0.2) is 4.98 Å². The molecule has 2 heterocycles. The number of piperidine rings is 1. The molecule has 0 bridgehead atoms. The molecule has 3 aromatic rings. The Kier molecular flexibility index (Phi) is 6.70. The highest BCUT2D eigenvalue weighted by Crippen LogP contribution is 2.34. The lowest BCUT2D eigenvalue weighted by Gasteiger charge is -2.36. The number of rotatable bonds is 5. The molecule has 7 heteroatoms. The molecule has 1 fully saturated rings. The van der Waals surface area contributed by atoms with Crippen LogP contribution in [0.25, 0.3) is 10.2 Å². The summed E-state index contributed by atoms with van der Waals surface area (Å²) in [4.78, 5) is 34.9. The van der Waals surface area contributed by atoms with Crippen molar-refractivity contribution in [2.75, 3.05) is 25.1 Å². The number of carbonyl (C=O) groups excluding carboxylic acids is 2. The number of aromatic nitrogens is 1. The number of amides is 2. The van der Waals surface area contributed by atoms with E-state index in [1.165, 1.54) is 11.3 Å². The summed E-state index contributed by atoms with van der Waals surface area (Å²) in [5, 5.41) is 0.695. The van der Waals surface area contributed by atoms with E-state index in [0.29, 0.717) is 37.6 Å². The SMILES string of the molecule is COc1ccc2nc(N(Cc3ccccc3)C(=O)C3CCN(C(=O)C(C)(C)C)CC3)sc2c1. The molecule has 33 heavy (non-hydrogen) atoms. The van der Waals surface area contributed by atoms with Crippen LogP contribution in [0.3, 0.4) is 0 Å². The van der Waals surface area contributed by atoms with Crippen molar-refractivity contribution in [2.24, 2.45) is 11.3 Å². The second-order valence-corrected chi connectivity index (χ2v) is 10.6. The van der Waals surface area contributed by atoms with E-state index in [9.17, 15) is 9.59 Å². The molecule has 0 spiro atoms. The summed E-state index contributed by atoms with van der Waals surface area (Å²) in [6.45, 7) is 7.52. The van der Waals surface area contributed by atoms with Crippen molar-refractivity contribution in [1.82, 2.24) is 9.88 Å². The Morgan fingerprint density at radius 1 is 1.12 bits per heavy atom. The van der Waals surface area contributed by atoms with Gasteiger partial charge < -0.3 is 9.64 Å². The normalized spacial score (nSPS) is 15.0. The minimum absolute atomic E-state index is 0.0766. The van der Waals surface area contributed by atoms with Crippen LogP contribution < -0.4 is 9.64 Å². The summed E-state index contributed by atoms with van der Waals surface area (Å²) < 4.78 is 6.34. The Bertz CT molecular complexity index is 1130. The van der Waals surface area contributed by atoms with Crippen LogP contribution in [0.15, 0.2) is 48.5 Å². The number of carbonyl (C=O) groups is 2. The van der Waals surface area contributed by atoms with Crippen molar-refractivity contribution >= 4 is 38.5 Å². The molecule has 1 aromatic heterocycles. The number of hydrogen-bond donors (Lipinski definition) is 0. The van der Waals surface area contributed by atoms with Crippen molar-refractivity contribution in [1.29, 1.82) is 0 Å². The maximum Gasteiger partial charge on any atom is 0.232 e. The standard InChI is InChI=1S/C26H31N3O3S/c1-26(2,3)24(31)28-14-12-19(13-15-28)23(30)29(17-18-8-6-5-7-9-18)25-27-21-11-10-20(32-4)16-22(21)33-25/h5-11,16,19H,12-15,17H2,1-4H3. The maximum absolute atomic E-state index is 13.7. The summed E-state index contributed by atoms with van der Waals surface area (Å²) in [7, 11) is 1.64. The van der Waals surface area contributed by atoms with Crippen LogP contribution in [0, 0.1) is 11.3 Å². The molecule has 1 aliphatic rings. The molecule has 0 N–H and O–H groups in total. The fourth-order valence-corrected chi connectivity index (χ4v) is 5.16. The number of methoxy groups -OCH3 is 1. The Morgan fingerprint density at radius 3 is 2.45 bits per heavy atom. The molecule has 0 atom stereocenters. The van der Waals surface area contributed by atoms with E-state index in [-0.39, 0.29) is 17.7 Å². The first kappa shape index (κ1) is 23.2. The molecule has 1 aliphatic heterocycles. The zero-order valence-corrected chi connectivity index (χ0v) is 20.5. The molecule has 0 saturated carbocycles. The number of thiazole rings is 1. The van der Waals surface area contributed by atoms with Crippen molar-refractivity contribution in [3.05, 3.63) is 54.1 Å². The van der Waals surface area contributed by atoms with E-state index in [1.807, 2.05) is 79.1 Å². The molecular formula is C26H31N3O3S. The quantitative estimate of drug-likeness (QED) is 0.525. The van der Waals surface area contributed by atoms with Gasteiger partial charge in [0.25, 0.3) is 0 Å². The number of anilines is 1. The highest BCUT2D eigenvalue weighted by molar-refractivity contribution is 7.22. The van der Waals surface area contributed by atoms with Crippen molar-refractivity contribution < 1.29 is 14.3 Å². The molecule has 2 amide bonds. The molecule has 1 saturated heterocycles. The average Bonchev–Trinajstić information content (AvgIpc) is 3.24. The van der Waals surface area contributed by atoms with Gasteiger partial charge in [-0.15, -0.1) is 0 Å². The number of ether oxygens (including phenoxy) is 1. The van der Waals surface area contributed by atoms with Crippen molar-refractivity contribution in [3.8, 4) is 5.75 Å². The van der Waals surface area contributed by atoms with E-state index in [1.54, 1.807) is 7.11 Å². The molecule has 6 nitrogen and oxygen atoms in total. The first-order chi connectivity index (χ1) is 15.8. The smallest absolute Gasteiger partial charge is 0.232 e. The first-order valence-corrected chi connectivity index (χ1v) is 12.2. The molecule has 0 unspecified atom stereocenters. The van der Waals surface area contributed by atoms with Gasteiger partial charge in [0, 0.05) is 24.4 Å². The van der Waals surface area contributed by atoms with Crippen LogP contribution in [-0.4, -0.2) is 41.9 Å². The first-order valence-electron chi connectivity index (χ1n) is 11.4. The summed E-state index contributed by atoms with van der Waals surface area (Å²) in [5.74, 6) is 0.871. The molecular weight excluding hydrogens is 434 g/mol. The van der Waals surface area contributed by atoms with E-state index >= 15 is 0 Å². The fraction of sp³-hybridized carbons (Fsp3) is 0.423. The molecule has 174 valence electrons. The summed E-state index contributed by atoms with van der Waals surface area (Å²) in [5.41, 5.74) is 1.51. The van der Waals surface area contributed by atoms with Crippen LogP contribution in [-0.2, 0) is 16.1 Å². The van der Waals surface area contributed by atoms with Crippen LogP contribution in [0.4, 0.5) is 5.13 Å². The van der Waals surface area contributed by atoms with Gasteiger partial charge in [-0.05, 0) is 36.6 Å². The van der Waals surface area contributed by atoms with Gasteiger partial charge in [0.2, 0.25) is 11.8 Å². The lowest BCUT2D eigenvalue weighted by Crippen LogP contribution is -2.47. The number of fused-ring (bicyclic) bond motifs is 1. The second kappa shape index (κ2) is 9.51. The topological polar surface area (TPSA) is 62.7 Å². The van der Waals surface area contributed by atoms with Gasteiger partial charge >= 0.3 is 0 Å². The van der Waals surface area contributed by atoms with Gasteiger partial charge in [0.1, 0.15) is 5.75 Å². The number of hydrogen-bond acceptors (Lipinski definition) is 5. The third-order valence-electron chi connectivity index (χ3n) is 6.04. The van der Waals surface area contributed by atoms with Crippen LogP contribution in [0.5, 0.6) is 5.75 Å². The van der Waals surface area contributed by atoms with Crippen LogP contribution in [0.2, 0.25) is 0 Å². The van der Waals surface area contributed by atoms with Gasteiger partial charge in [-0.1, -0.05) is 62.4 Å². The predicted octanol–water partition coefficient (Wildman–Crippen LogP) is 5.12. The van der Waals surface area contributed by atoms with Crippen molar-refractivity contribution in [3.63, 3.8) is 0 Å². The van der Waals surface area contributed by atoms with Gasteiger partial charge in [-0.2, -0.15) is 0 Å². The van der Waals surface area contributed by atoms with Crippen molar-refractivity contribution in [2.45, 2.75) is 40.2 Å². The predicted molar refractivity (Wildman–Crippen MR) is 133 cm³/mol. The third-order valence-corrected chi connectivity index (χ3v) is 7.08. The van der Waals surface area contributed by atoms with Gasteiger partial charge in [-0.3, -0.25) is 14.5 Å². The Labute approximate surface area is 199 Å². The molecule has 0 radical (unpaired) electrons. The zero-order chi connectivity index (χ0) is 23.6. The van der Waals surface area contributed by atoms with Gasteiger partial charge in [0.15, 0.2) is 5.13 Å². The number of benzene rings is 2. The highest BCUT2D eigenvalue weighted by Gasteiger charge is 2.35. The van der Waals surface area contributed by atoms with E-state index < -0.39 is 5.41 Å². The second-order valence-electron chi connectivity index (χ2n) is 9.56. The molecule has 4 rings (SSSR count). The lowest BCUT2D eigenvalue weighted by atomic mass is 9.90. The minimum Gasteiger partial charge on any atom is -0.497 e. The van der Waals surface area contributed by atoms with Crippen LogP contribution >= 0.6 is 11.3 Å². The summed E-state index contributed by atoms with van der Waals surface area (Å²) in [6, 6.07) is 15.8. The van der Waals surface area contributed by atoms with E-state index in [2.05, 4.69) is 0 Å². The zero-order valence-electron chi connectivity index (χ0n) is 19.7.